The van der Waals surface area contributed by atoms with E-state index in [1.165, 1.54) is 30.3 Å². The third-order valence-electron chi connectivity index (χ3n) is 5.63. The zero-order valence-electron chi connectivity index (χ0n) is 17.6. The minimum absolute atomic E-state index is 0.218. The number of esters is 3. The van der Waals surface area contributed by atoms with Gasteiger partial charge < -0.3 is 18.9 Å². The topological polar surface area (TPSA) is 126 Å². The molecule has 0 N–H and O–H groups in total. The highest BCUT2D eigenvalue weighted by Gasteiger charge is 2.72. The summed E-state index contributed by atoms with van der Waals surface area (Å²) in [6.45, 7) is 4.17. The number of ether oxygens (including phenoxy) is 4. The van der Waals surface area contributed by atoms with E-state index >= 15 is 0 Å². The van der Waals surface area contributed by atoms with Crippen molar-refractivity contribution in [3.8, 4) is 0 Å². The molecule has 0 aromatic heterocycles. The summed E-state index contributed by atoms with van der Waals surface area (Å²) in [5.74, 6) is -5.00. The van der Waals surface area contributed by atoms with E-state index in [2.05, 4.69) is 0 Å². The van der Waals surface area contributed by atoms with E-state index in [0.29, 0.717) is 0 Å². The van der Waals surface area contributed by atoms with Gasteiger partial charge in [0, 0.05) is 13.8 Å². The molecule has 2 amide bonds. The van der Waals surface area contributed by atoms with Gasteiger partial charge in [-0.15, -0.1) is 0 Å². The Morgan fingerprint density at radius 1 is 1.06 bits per heavy atom. The first kappa shape index (κ1) is 21.7. The minimum Gasteiger partial charge on any atom is -0.462 e. The second-order valence-corrected chi connectivity index (χ2v) is 7.63. The first-order valence-corrected chi connectivity index (χ1v) is 10.1. The van der Waals surface area contributed by atoms with Gasteiger partial charge in [-0.1, -0.05) is 6.08 Å². The summed E-state index contributed by atoms with van der Waals surface area (Å²) in [4.78, 5) is 62.8. The van der Waals surface area contributed by atoms with Crippen LogP contribution >= 0.6 is 0 Å². The quantitative estimate of drug-likeness (QED) is 0.275. The molecule has 2 fully saturated rings. The summed E-state index contributed by atoms with van der Waals surface area (Å²) in [5, 5.41) is 0. The van der Waals surface area contributed by atoms with Gasteiger partial charge in [-0.25, -0.2) is 9.69 Å². The molecule has 1 aromatic carbocycles. The molecule has 2 bridgehead atoms. The molecule has 4 atom stereocenters. The molecule has 1 aromatic rings. The fourth-order valence-corrected chi connectivity index (χ4v) is 4.43. The van der Waals surface area contributed by atoms with Crippen molar-refractivity contribution in [1.29, 1.82) is 0 Å². The maximum atomic E-state index is 13.4. The Hall–Kier alpha value is -3.53. The van der Waals surface area contributed by atoms with Gasteiger partial charge in [0.25, 0.3) is 6.29 Å². The molecule has 10 heteroatoms. The standard InChI is InChI=1S/C22H21NO9/c1-4-29-20(28)13-5-7-14(8-6-13)23-18(26)16-15-9-10-22(32-15,17(16)19(23)27)21(30-11(2)24)31-12(3)25/h5-10,15-17,21H,4H2,1-3H3/t15-,16-,17-,22-/m0/s1. The maximum Gasteiger partial charge on any atom is 0.338 e. The van der Waals surface area contributed by atoms with Crippen LogP contribution in [-0.2, 0) is 38.1 Å². The second kappa shape index (κ2) is 7.86. The molecule has 2 saturated heterocycles. The Morgan fingerprint density at radius 2 is 1.69 bits per heavy atom. The molecule has 168 valence electrons. The Balaban J connectivity index is 1.66. The smallest absolute Gasteiger partial charge is 0.338 e. The van der Waals surface area contributed by atoms with E-state index in [1.807, 2.05) is 0 Å². The number of carbonyl (C=O) groups is 5. The van der Waals surface area contributed by atoms with Crippen LogP contribution in [0.2, 0.25) is 0 Å². The summed E-state index contributed by atoms with van der Waals surface area (Å²) in [5.41, 5.74) is -1.06. The first-order valence-electron chi connectivity index (χ1n) is 10.1. The van der Waals surface area contributed by atoms with Crippen LogP contribution in [0, 0.1) is 11.8 Å². The molecular weight excluding hydrogens is 422 g/mol. The SMILES string of the molecule is CCOC(=O)c1ccc(N2C(=O)[C@H]3[C@@H]4C=C[C@](C(OC(C)=O)OC(C)=O)(O4)[C@@H]3C2=O)cc1. The fourth-order valence-electron chi connectivity index (χ4n) is 4.43. The number of benzene rings is 1. The summed E-state index contributed by atoms with van der Waals surface area (Å²) < 4.78 is 21.2. The number of amides is 2. The lowest BCUT2D eigenvalue weighted by molar-refractivity contribution is -0.226. The summed E-state index contributed by atoms with van der Waals surface area (Å²) in [7, 11) is 0. The average molecular weight is 443 g/mol. The molecule has 32 heavy (non-hydrogen) atoms. The molecule has 0 aliphatic carbocycles. The van der Waals surface area contributed by atoms with Crippen molar-refractivity contribution in [1.82, 2.24) is 0 Å². The van der Waals surface area contributed by atoms with Crippen LogP contribution in [0.5, 0.6) is 0 Å². The normalized spacial score (nSPS) is 27.6. The van der Waals surface area contributed by atoms with Gasteiger partial charge >= 0.3 is 17.9 Å². The maximum absolute atomic E-state index is 13.4. The highest BCUT2D eigenvalue weighted by molar-refractivity contribution is 6.23. The van der Waals surface area contributed by atoms with Gasteiger partial charge in [0.15, 0.2) is 5.60 Å². The predicted octanol–water partition coefficient (Wildman–Crippen LogP) is 1.13. The third-order valence-corrected chi connectivity index (χ3v) is 5.63. The van der Waals surface area contributed by atoms with Crippen molar-refractivity contribution in [2.45, 2.75) is 38.8 Å². The lowest BCUT2D eigenvalue weighted by Gasteiger charge is -2.34. The van der Waals surface area contributed by atoms with Crippen LogP contribution in [0.25, 0.3) is 0 Å². The Morgan fingerprint density at radius 3 is 2.25 bits per heavy atom. The van der Waals surface area contributed by atoms with Crippen molar-refractivity contribution in [2.24, 2.45) is 11.8 Å². The number of rotatable bonds is 6. The van der Waals surface area contributed by atoms with E-state index in [4.69, 9.17) is 18.9 Å². The average Bonchev–Trinajstić information content (AvgIpc) is 3.38. The number of carbonyl (C=O) groups excluding carboxylic acids is 5. The molecule has 4 rings (SSSR count). The number of hydrogen-bond acceptors (Lipinski definition) is 9. The zero-order chi connectivity index (χ0) is 23.2. The van der Waals surface area contributed by atoms with E-state index in [1.54, 1.807) is 13.0 Å². The number of imide groups is 1. The van der Waals surface area contributed by atoms with Crippen LogP contribution in [-0.4, -0.2) is 54.3 Å². The van der Waals surface area contributed by atoms with E-state index < -0.39 is 59.6 Å². The minimum atomic E-state index is -1.61. The van der Waals surface area contributed by atoms with Gasteiger partial charge in [-0.3, -0.25) is 19.2 Å². The monoisotopic (exact) mass is 443 g/mol. The van der Waals surface area contributed by atoms with Gasteiger partial charge in [0.2, 0.25) is 11.8 Å². The van der Waals surface area contributed by atoms with Gasteiger partial charge in [-0.2, -0.15) is 0 Å². The van der Waals surface area contributed by atoms with E-state index in [9.17, 15) is 24.0 Å². The van der Waals surface area contributed by atoms with E-state index in [0.717, 1.165) is 18.7 Å². The predicted molar refractivity (Wildman–Crippen MR) is 106 cm³/mol. The van der Waals surface area contributed by atoms with Crippen LogP contribution in [0.4, 0.5) is 5.69 Å². The number of anilines is 1. The Bertz CT molecular complexity index is 1010. The molecule has 0 saturated carbocycles. The number of hydrogen-bond donors (Lipinski definition) is 0. The summed E-state index contributed by atoms with van der Waals surface area (Å²) in [6.07, 6.45) is 0.832. The van der Waals surface area contributed by atoms with Crippen molar-refractivity contribution in [2.75, 3.05) is 11.5 Å². The van der Waals surface area contributed by atoms with Crippen LogP contribution in [0.3, 0.4) is 0 Å². The lowest BCUT2D eigenvalue weighted by Crippen LogP contribution is -2.52. The van der Waals surface area contributed by atoms with E-state index in [-0.39, 0.29) is 17.9 Å². The Labute approximate surface area is 183 Å². The fraction of sp³-hybridized carbons (Fsp3) is 0.409. The number of fused-ring (bicyclic) bond motifs is 5. The summed E-state index contributed by atoms with van der Waals surface area (Å²) in [6, 6.07) is 5.87. The van der Waals surface area contributed by atoms with Crippen molar-refractivity contribution >= 4 is 35.4 Å². The highest BCUT2D eigenvalue weighted by Crippen LogP contribution is 2.54. The van der Waals surface area contributed by atoms with Crippen LogP contribution < -0.4 is 4.90 Å². The summed E-state index contributed by atoms with van der Waals surface area (Å²) >= 11 is 0. The van der Waals surface area contributed by atoms with Gasteiger partial charge in [0.1, 0.15) is 0 Å². The third kappa shape index (κ3) is 3.27. The molecule has 10 nitrogen and oxygen atoms in total. The van der Waals surface area contributed by atoms with Crippen LogP contribution in [0.1, 0.15) is 31.1 Å². The first-order chi connectivity index (χ1) is 15.2. The molecule has 3 aliphatic heterocycles. The van der Waals surface area contributed by atoms with Crippen molar-refractivity contribution in [3.05, 3.63) is 42.0 Å². The zero-order valence-corrected chi connectivity index (χ0v) is 17.6. The highest BCUT2D eigenvalue weighted by atomic mass is 16.7. The Kier molecular flexibility index (Phi) is 5.33. The van der Waals surface area contributed by atoms with Gasteiger partial charge in [-0.05, 0) is 37.3 Å². The molecular formula is C22H21NO9. The molecule has 0 spiro atoms. The second-order valence-electron chi connectivity index (χ2n) is 7.63. The lowest BCUT2D eigenvalue weighted by atomic mass is 9.76. The molecule has 0 radical (unpaired) electrons. The van der Waals surface area contributed by atoms with Gasteiger partial charge in [0.05, 0.1) is 35.8 Å². The molecule has 3 heterocycles. The van der Waals surface area contributed by atoms with Crippen LogP contribution in [0.15, 0.2) is 36.4 Å². The van der Waals surface area contributed by atoms with Crippen molar-refractivity contribution < 1.29 is 42.9 Å². The number of nitrogens with zero attached hydrogens (tertiary/aromatic N) is 1. The van der Waals surface area contributed by atoms with Crippen molar-refractivity contribution in [3.63, 3.8) is 0 Å². The molecule has 0 unspecified atom stereocenters. The largest absolute Gasteiger partial charge is 0.462 e. The molecule has 3 aliphatic rings.